The predicted molar refractivity (Wildman–Crippen MR) is 78.1 cm³/mol. The fourth-order valence-electron chi connectivity index (χ4n) is 2.90. The first kappa shape index (κ1) is 12.6. The van der Waals surface area contributed by atoms with Gasteiger partial charge in [-0.2, -0.15) is 0 Å². The van der Waals surface area contributed by atoms with Crippen LogP contribution in [-0.2, 0) is 6.54 Å². The van der Waals surface area contributed by atoms with E-state index < -0.39 is 0 Å². The van der Waals surface area contributed by atoms with E-state index in [4.69, 9.17) is 0 Å². The normalized spacial score (nSPS) is 24.7. The summed E-state index contributed by atoms with van der Waals surface area (Å²) in [7, 11) is 0. The van der Waals surface area contributed by atoms with Crippen LogP contribution >= 0.6 is 11.3 Å². The van der Waals surface area contributed by atoms with E-state index in [0.717, 1.165) is 12.1 Å². The van der Waals surface area contributed by atoms with Crippen LogP contribution < -0.4 is 5.32 Å². The van der Waals surface area contributed by atoms with Crippen molar-refractivity contribution in [2.24, 2.45) is 0 Å². The summed E-state index contributed by atoms with van der Waals surface area (Å²) in [5, 5.41) is 5.92. The summed E-state index contributed by atoms with van der Waals surface area (Å²) < 4.78 is 0. The minimum Gasteiger partial charge on any atom is -0.313 e. The van der Waals surface area contributed by atoms with Gasteiger partial charge in [0.15, 0.2) is 0 Å². The monoisotopic (exact) mass is 264 g/mol. The molecule has 1 aromatic rings. The van der Waals surface area contributed by atoms with Crippen molar-refractivity contribution in [3.05, 3.63) is 21.9 Å². The molecule has 0 radical (unpaired) electrons. The molecule has 0 amide bonds. The highest BCUT2D eigenvalue weighted by atomic mass is 32.1. The highest BCUT2D eigenvalue weighted by molar-refractivity contribution is 7.10. The Morgan fingerprint density at radius 3 is 2.83 bits per heavy atom. The SMILES string of the molecule is Cc1ccsc1CN(CC1CCCCN1)C1CC1. The molecule has 0 spiro atoms. The molecule has 1 aliphatic heterocycles. The van der Waals surface area contributed by atoms with Gasteiger partial charge in [-0.15, -0.1) is 11.3 Å². The molecular weight excluding hydrogens is 240 g/mol. The first-order valence-corrected chi connectivity index (χ1v) is 8.21. The highest BCUT2D eigenvalue weighted by Gasteiger charge is 2.31. The molecule has 0 bridgehead atoms. The van der Waals surface area contributed by atoms with Crippen LogP contribution in [0.5, 0.6) is 0 Å². The Hall–Kier alpha value is -0.380. The number of piperidine rings is 1. The van der Waals surface area contributed by atoms with Crippen LogP contribution in [0, 0.1) is 6.92 Å². The van der Waals surface area contributed by atoms with Crippen molar-refractivity contribution in [1.29, 1.82) is 0 Å². The standard InChI is InChI=1S/C15H24N2S/c1-12-7-9-18-15(12)11-17(14-5-6-14)10-13-4-2-3-8-16-13/h7,9,13-14,16H,2-6,8,10-11H2,1H3. The zero-order chi connectivity index (χ0) is 12.4. The van der Waals surface area contributed by atoms with Gasteiger partial charge in [0.05, 0.1) is 0 Å². The number of thiophene rings is 1. The van der Waals surface area contributed by atoms with Crippen LogP contribution in [-0.4, -0.2) is 30.1 Å². The molecule has 2 nitrogen and oxygen atoms in total. The molecule has 1 N–H and O–H groups in total. The van der Waals surface area contributed by atoms with Gasteiger partial charge in [0.1, 0.15) is 0 Å². The molecule has 2 fully saturated rings. The van der Waals surface area contributed by atoms with Crippen molar-refractivity contribution in [3.63, 3.8) is 0 Å². The second-order valence-corrected chi connectivity index (χ2v) is 6.83. The third-order valence-electron chi connectivity index (χ3n) is 4.25. The van der Waals surface area contributed by atoms with Crippen LogP contribution in [0.2, 0.25) is 0 Å². The Kier molecular flexibility index (Phi) is 4.02. The molecule has 2 heterocycles. The Morgan fingerprint density at radius 2 is 2.22 bits per heavy atom. The van der Waals surface area contributed by atoms with Crippen LogP contribution in [0.3, 0.4) is 0 Å². The molecule has 1 saturated heterocycles. The molecule has 1 aromatic heterocycles. The molecule has 1 unspecified atom stereocenters. The number of nitrogens with zero attached hydrogens (tertiary/aromatic N) is 1. The van der Waals surface area contributed by atoms with E-state index in [0.29, 0.717) is 0 Å². The van der Waals surface area contributed by atoms with Gasteiger partial charge < -0.3 is 5.32 Å². The molecule has 3 rings (SSSR count). The molecule has 1 aliphatic carbocycles. The quantitative estimate of drug-likeness (QED) is 0.879. The summed E-state index contributed by atoms with van der Waals surface area (Å²) in [4.78, 5) is 4.29. The summed E-state index contributed by atoms with van der Waals surface area (Å²) >= 11 is 1.92. The fourth-order valence-corrected chi connectivity index (χ4v) is 3.83. The van der Waals surface area contributed by atoms with Crippen LogP contribution in [0.15, 0.2) is 11.4 Å². The number of rotatable bonds is 5. The first-order valence-electron chi connectivity index (χ1n) is 7.33. The van der Waals surface area contributed by atoms with E-state index in [1.165, 1.54) is 57.3 Å². The Bertz CT molecular complexity index is 378. The number of hydrogen-bond donors (Lipinski definition) is 1. The van der Waals surface area contributed by atoms with Crippen molar-refractivity contribution in [3.8, 4) is 0 Å². The average molecular weight is 264 g/mol. The minimum atomic E-state index is 0.736. The van der Waals surface area contributed by atoms with E-state index in [-0.39, 0.29) is 0 Å². The average Bonchev–Trinajstić information content (AvgIpc) is 3.16. The topological polar surface area (TPSA) is 15.3 Å². The largest absolute Gasteiger partial charge is 0.313 e. The lowest BCUT2D eigenvalue weighted by atomic mass is 10.0. The lowest BCUT2D eigenvalue weighted by Gasteiger charge is -2.30. The molecule has 3 heteroatoms. The summed E-state index contributed by atoms with van der Waals surface area (Å²) in [6.07, 6.45) is 6.97. The summed E-state index contributed by atoms with van der Waals surface area (Å²) in [5.41, 5.74) is 1.47. The van der Waals surface area contributed by atoms with E-state index in [1.54, 1.807) is 4.88 Å². The van der Waals surface area contributed by atoms with E-state index in [2.05, 4.69) is 28.6 Å². The molecule has 1 saturated carbocycles. The molecule has 18 heavy (non-hydrogen) atoms. The van der Waals surface area contributed by atoms with Crippen LogP contribution in [0.25, 0.3) is 0 Å². The fraction of sp³-hybridized carbons (Fsp3) is 0.733. The lowest BCUT2D eigenvalue weighted by molar-refractivity contribution is 0.209. The van der Waals surface area contributed by atoms with Crippen LogP contribution in [0.1, 0.15) is 42.5 Å². The second-order valence-electron chi connectivity index (χ2n) is 5.83. The Morgan fingerprint density at radius 1 is 1.33 bits per heavy atom. The highest BCUT2D eigenvalue weighted by Crippen LogP contribution is 2.30. The van der Waals surface area contributed by atoms with Gasteiger partial charge >= 0.3 is 0 Å². The maximum Gasteiger partial charge on any atom is 0.0334 e. The van der Waals surface area contributed by atoms with Gasteiger partial charge in [-0.25, -0.2) is 0 Å². The van der Waals surface area contributed by atoms with Crippen molar-refractivity contribution in [2.45, 2.75) is 57.7 Å². The zero-order valence-electron chi connectivity index (χ0n) is 11.3. The number of nitrogens with one attached hydrogen (secondary N) is 1. The maximum absolute atomic E-state index is 3.69. The van der Waals surface area contributed by atoms with Crippen molar-refractivity contribution >= 4 is 11.3 Å². The summed E-state index contributed by atoms with van der Waals surface area (Å²) in [6, 6.07) is 3.86. The van der Waals surface area contributed by atoms with Gasteiger partial charge in [-0.05, 0) is 56.2 Å². The van der Waals surface area contributed by atoms with Crippen molar-refractivity contribution in [1.82, 2.24) is 10.2 Å². The molecule has 0 aromatic carbocycles. The molecule has 2 aliphatic rings. The number of hydrogen-bond acceptors (Lipinski definition) is 3. The van der Waals surface area contributed by atoms with E-state index in [1.807, 2.05) is 11.3 Å². The minimum absolute atomic E-state index is 0.736. The van der Waals surface area contributed by atoms with Gasteiger partial charge in [0.2, 0.25) is 0 Å². The van der Waals surface area contributed by atoms with E-state index >= 15 is 0 Å². The van der Waals surface area contributed by atoms with Gasteiger partial charge in [0.25, 0.3) is 0 Å². The zero-order valence-corrected chi connectivity index (χ0v) is 12.1. The maximum atomic E-state index is 3.69. The van der Waals surface area contributed by atoms with Gasteiger partial charge in [-0.1, -0.05) is 6.42 Å². The van der Waals surface area contributed by atoms with Gasteiger partial charge in [-0.3, -0.25) is 4.90 Å². The molecular formula is C15H24N2S. The summed E-state index contributed by atoms with van der Waals surface area (Å²) in [5.74, 6) is 0. The smallest absolute Gasteiger partial charge is 0.0334 e. The van der Waals surface area contributed by atoms with Crippen molar-refractivity contribution in [2.75, 3.05) is 13.1 Å². The molecule has 100 valence electrons. The summed E-state index contributed by atoms with van der Waals surface area (Å²) in [6.45, 7) is 5.89. The van der Waals surface area contributed by atoms with Gasteiger partial charge in [0, 0.05) is 30.1 Å². The predicted octanol–water partition coefficient (Wildman–Crippen LogP) is 3.16. The second kappa shape index (κ2) is 5.72. The first-order chi connectivity index (χ1) is 8.83. The van der Waals surface area contributed by atoms with E-state index in [9.17, 15) is 0 Å². The molecule has 1 atom stereocenters. The van der Waals surface area contributed by atoms with Crippen molar-refractivity contribution < 1.29 is 0 Å². The third kappa shape index (κ3) is 3.14. The van der Waals surface area contributed by atoms with Crippen LogP contribution in [0.4, 0.5) is 0 Å². The third-order valence-corrected chi connectivity index (χ3v) is 5.25. The number of aryl methyl sites for hydroxylation is 1. The Labute approximate surface area is 114 Å². The Balaban J connectivity index is 1.59. The lowest BCUT2D eigenvalue weighted by Crippen LogP contribution is -2.44.